The second kappa shape index (κ2) is 15.7. The molecular weight excluding hydrogens is 280 g/mol. The molecule has 0 N–H and O–H groups in total. The van der Waals surface area contributed by atoms with Gasteiger partial charge in [0.2, 0.25) is 0 Å². The average Bonchev–Trinajstić information content (AvgIpc) is 2.52. The van der Waals surface area contributed by atoms with E-state index in [9.17, 15) is 0 Å². The molecule has 0 aliphatic carbocycles. The molecule has 0 rings (SSSR count). The summed E-state index contributed by atoms with van der Waals surface area (Å²) in [6, 6.07) is 0. The van der Waals surface area contributed by atoms with Gasteiger partial charge in [0.05, 0.1) is 19.8 Å². The summed E-state index contributed by atoms with van der Waals surface area (Å²) in [7, 11) is 0. The topological polar surface area (TPSA) is 36.9 Å². The van der Waals surface area contributed by atoms with Gasteiger partial charge >= 0.3 is 5.97 Å². The summed E-state index contributed by atoms with van der Waals surface area (Å²) in [6.45, 7) is 11.6. The van der Waals surface area contributed by atoms with E-state index in [4.69, 9.17) is 18.9 Å². The van der Waals surface area contributed by atoms with Gasteiger partial charge in [-0.15, -0.1) is 0 Å². The summed E-state index contributed by atoms with van der Waals surface area (Å²) in [4.78, 5) is 0. The van der Waals surface area contributed by atoms with Gasteiger partial charge < -0.3 is 18.9 Å². The Morgan fingerprint density at radius 1 is 0.545 bits per heavy atom. The lowest BCUT2D eigenvalue weighted by molar-refractivity contribution is -0.395. The number of hydrogen-bond donors (Lipinski definition) is 0. The maximum Gasteiger partial charge on any atom is 0.307 e. The van der Waals surface area contributed by atoms with Crippen LogP contribution in [0.3, 0.4) is 0 Å². The van der Waals surface area contributed by atoms with E-state index in [0.717, 1.165) is 58.0 Å². The van der Waals surface area contributed by atoms with Crippen LogP contribution >= 0.6 is 0 Å². The predicted octanol–water partition coefficient (Wildman–Crippen LogP) is 4.91. The summed E-state index contributed by atoms with van der Waals surface area (Å²) < 4.78 is 23.7. The zero-order chi connectivity index (χ0) is 16.5. The molecule has 4 heteroatoms. The van der Waals surface area contributed by atoms with Crippen molar-refractivity contribution in [1.82, 2.24) is 0 Å². The fourth-order valence-electron chi connectivity index (χ4n) is 1.81. The van der Waals surface area contributed by atoms with Gasteiger partial charge in [-0.3, -0.25) is 0 Å². The van der Waals surface area contributed by atoms with E-state index in [0.29, 0.717) is 26.4 Å². The molecule has 0 amide bonds. The first-order chi connectivity index (χ1) is 10.7. The third-order valence-electron chi connectivity index (χ3n) is 3.38. The zero-order valence-electron chi connectivity index (χ0n) is 15.3. The lowest BCUT2D eigenvalue weighted by Crippen LogP contribution is -2.45. The number of ether oxygens (including phenoxy) is 4. The van der Waals surface area contributed by atoms with Gasteiger partial charge in [-0.2, -0.15) is 0 Å². The van der Waals surface area contributed by atoms with Gasteiger partial charge in [0.1, 0.15) is 6.61 Å². The minimum Gasteiger partial charge on any atom is -0.373 e. The molecule has 0 atom stereocenters. The molecular formula is C18H38O4. The molecule has 0 aromatic heterocycles. The molecule has 22 heavy (non-hydrogen) atoms. The van der Waals surface area contributed by atoms with Crippen LogP contribution in [0.4, 0.5) is 0 Å². The Bertz CT molecular complexity index is 195. The Morgan fingerprint density at radius 3 is 1.27 bits per heavy atom. The van der Waals surface area contributed by atoms with E-state index in [1.807, 2.05) is 0 Å². The molecule has 0 saturated carbocycles. The predicted molar refractivity (Wildman–Crippen MR) is 91.0 cm³/mol. The third kappa shape index (κ3) is 11.4. The molecule has 0 radical (unpaired) electrons. The fraction of sp³-hybridized carbons (Fsp3) is 1.00. The van der Waals surface area contributed by atoms with Crippen molar-refractivity contribution in [3.63, 3.8) is 0 Å². The Morgan fingerprint density at radius 2 is 0.909 bits per heavy atom. The Kier molecular flexibility index (Phi) is 15.6. The van der Waals surface area contributed by atoms with Gasteiger partial charge in [0.25, 0.3) is 0 Å². The van der Waals surface area contributed by atoms with E-state index < -0.39 is 5.97 Å². The van der Waals surface area contributed by atoms with Gasteiger partial charge in [-0.1, -0.05) is 53.4 Å². The van der Waals surface area contributed by atoms with Crippen LogP contribution in [-0.4, -0.2) is 39.0 Å². The summed E-state index contributed by atoms with van der Waals surface area (Å²) in [5.41, 5.74) is 0. The van der Waals surface area contributed by atoms with Crippen LogP contribution in [0.2, 0.25) is 0 Å². The molecule has 134 valence electrons. The first kappa shape index (κ1) is 21.8. The van der Waals surface area contributed by atoms with Crippen LogP contribution in [0.25, 0.3) is 0 Å². The van der Waals surface area contributed by atoms with Gasteiger partial charge in [0, 0.05) is 6.61 Å². The first-order valence-corrected chi connectivity index (χ1v) is 9.24. The van der Waals surface area contributed by atoms with Crippen LogP contribution in [-0.2, 0) is 18.9 Å². The maximum atomic E-state index is 5.97. The SMILES string of the molecule is CCCCOCC(OCCCC)(OCCCC)OCCCC. The van der Waals surface area contributed by atoms with E-state index in [-0.39, 0.29) is 0 Å². The number of unbranched alkanes of at least 4 members (excludes halogenated alkanes) is 4. The Labute approximate surface area is 137 Å². The van der Waals surface area contributed by atoms with Crippen molar-refractivity contribution in [2.45, 2.75) is 85.0 Å². The first-order valence-electron chi connectivity index (χ1n) is 9.24. The molecule has 0 saturated heterocycles. The maximum absolute atomic E-state index is 5.97. The molecule has 0 unspecified atom stereocenters. The van der Waals surface area contributed by atoms with Crippen molar-refractivity contribution in [2.75, 3.05) is 33.0 Å². The van der Waals surface area contributed by atoms with Crippen molar-refractivity contribution >= 4 is 0 Å². The normalized spacial score (nSPS) is 12.0. The molecule has 0 heterocycles. The standard InChI is InChI=1S/C18H38O4/c1-5-9-13-19-17-18(20-14-10-6-2,21-15-11-7-3)22-16-12-8-4/h5-17H2,1-4H3. The van der Waals surface area contributed by atoms with Crippen LogP contribution in [0.1, 0.15) is 79.1 Å². The lowest BCUT2D eigenvalue weighted by atomic mass is 10.3. The van der Waals surface area contributed by atoms with Crippen LogP contribution in [0.15, 0.2) is 0 Å². The van der Waals surface area contributed by atoms with Crippen LogP contribution in [0.5, 0.6) is 0 Å². The lowest BCUT2D eigenvalue weighted by Gasteiger charge is -2.33. The second-order valence-corrected chi connectivity index (χ2v) is 5.70. The van der Waals surface area contributed by atoms with Crippen LogP contribution < -0.4 is 0 Å². The van der Waals surface area contributed by atoms with E-state index in [1.54, 1.807) is 0 Å². The highest BCUT2D eigenvalue weighted by Gasteiger charge is 2.34. The van der Waals surface area contributed by atoms with E-state index in [1.165, 1.54) is 0 Å². The molecule has 0 bridgehead atoms. The molecule has 0 spiro atoms. The molecule has 0 aromatic rings. The monoisotopic (exact) mass is 318 g/mol. The smallest absolute Gasteiger partial charge is 0.307 e. The number of hydrogen-bond acceptors (Lipinski definition) is 4. The van der Waals surface area contributed by atoms with Crippen molar-refractivity contribution < 1.29 is 18.9 Å². The summed E-state index contributed by atoms with van der Waals surface area (Å²) in [6.07, 6.45) is 8.47. The summed E-state index contributed by atoms with van der Waals surface area (Å²) >= 11 is 0. The summed E-state index contributed by atoms with van der Waals surface area (Å²) in [5.74, 6) is -1.02. The van der Waals surface area contributed by atoms with Gasteiger partial charge in [-0.05, 0) is 25.7 Å². The van der Waals surface area contributed by atoms with Crippen molar-refractivity contribution in [1.29, 1.82) is 0 Å². The van der Waals surface area contributed by atoms with Crippen molar-refractivity contribution in [3.05, 3.63) is 0 Å². The fourth-order valence-corrected chi connectivity index (χ4v) is 1.81. The largest absolute Gasteiger partial charge is 0.373 e. The molecule has 0 aliphatic heterocycles. The minimum absolute atomic E-state index is 0.351. The highest BCUT2D eigenvalue weighted by atomic mass is 16.9. The third-order valence-corrected chi connectivity index (χ3v) is 3.38. The van der Waals surface area contributed by atoms with Crippen molar-refractivity contribution in [2.24, 2.45) is 0 Å². The molecule has 0 aliphatic rings. The van der Waals surface area contributed by atoms with E-state index in [2.05, 4.69) is 27.7 Å². The number of rotatable bonds is 17. The minimum atomic E-state index is -1.02. The van der Waals surface area contributed by atoms with E-state index >= 15 is 0 Å². The molecule has 0 aromatic carbocycles. The summed E-state index contributed by atoms with van der Waals surface area (Å²) in [5, 5.41) is 0. The quantitative estimate of drug-likeness (QED) is 0.282. The zero-order valence-corrected chi connectivity index (χ0v) is 15.3. The van der Waals surface area contributed by atoms with Crippen LogP contribution in [0, 0.1) is 0 Å². The highest BCUT2D eigenvalue weighted by Crippen LogP contribution is 2.19. The van der Waals surface area contributed by atoms with Gasteiger partial charge in [0.15, 0.2) is 0 Å². The average molecular weight is 318 g/mol. The molecule has 0 fully saturated rings. The molecule has 4 nitrogen and oxygen atoms in total. The Balaban J connectivity index is 4.53. The highest BCUT2D eigenvalue weighted by molar-refractivity contribution is 4.59. The Hall–Kier alpha value is -0.160. The van der Waals surface area contributed by atoms with Gasteiger partial charge in [-0.25, -0.2) is 0 Å². The second-order valence-electron chi connectivity index (χ2n) is 5.70. The van der Waals surface area contributed by atoms with Crippen molar-refractivity contribution in [3.8, 4) is 0 Å².